The topological polar surface area (TPSA) is 186 Å². The molecule has 0 saturated carbocycles. The molecule has 1 rings (SSSR count). The third-order valence-electron chi connectivity index (χ3n) is 10.2. The Bertz CT molecular complexity index is 1220. The molecule has 12 nitrogen and oxygen atoms in total. The van der Waals surface area contributed by atoms with Crippen molar-refractivity contribution in [3.05, 3.63) is 36.5 Å². The Morgan fingerprint density at radius 3 is 1.57 bits per heavy atom. The van der Waals surface area contributed by atoms with Gasteiger partial charge in [0.25, 0.3) is 10.1 Å². The lowest BCUT2D eigenvalue weighted by Gasteiger charge is -2.40. The molecule has 6 atom stereocenters. The van der Waals surface area contributed by atoms with Gasteiger partial charge in [0, 0.05) is 12.8 Å². The quantitative estimate of drug-likeness (QED) is 0.0202. The Labute approximate surface area is 351 Å². The van der Waals surface area contributed by atoms with Gasteiger partial charge in [0.2, 0.25) is 0 Å². The third-order valence-corrected chi connectivity index (χ3v) is 10.9. The highest BCUT2D eigenvalue weighted by atomic mass is 32.2. The molecular weight excluding hydrogens is 765 g/mol. The van der Waals surface area contributed by atoms with Gasteiger partial charge in [0.15, 0.2) is 12.4 Å². The van der Waals surface area contributed by atoms with Crippen LogP contribution in [0.25, 0.3) is 0 Å². The molecule has 58 heavy (non-hydrogen) atoms. The standard InChI is InChI=1S/C45H80O12S/c1-3-5-7-9-11-13-15-17-19-21-23-25-27-29-31-33-40(46)54-35-38(36-55-45-44(50)43(49)42(48)39(57-45)37-58(51,52)53)56-41(47)34-32-30-28-26-24-22-20-18-16-14-12-10-8-6-4-2/h12,14,17-20,38-39,42-45,48-50H,3-11,13,15-16,21-37H2,1-2H3,(H,51,52,53)/b14-12+,19-17+,20-18+/t38-,39-,42-,43?,44?,45+/m1/s1. The number of allylic oxidation sites excluding steroid dienone is 6. The van der Waals surface area contributed by atoms with Crippen molar-refractivity contribution >= 4 is 22.1 Å². The number of carbonyl (C=O) groups excluding carboxylic acids is 2. The average Bonchev–Trinajstić information content (AvgIpc) is 3.18. The molecule has 2 unspecified atom stereocenters. The molecule has 0 aromatic carbocycles. The van der Waals surface area contributed by atoms with Crippen molar-refractivity contribution in [1.29, 1.82) is 0 Å². The number of unbranched alkanes of at least 4 members (excludes halogenated alkanes) is 19. The summed E-state index contributed by atoms with van der Waals surface area (Å²) < 4.78 is 54.0. The van der Waals surface area contributed by atoms with E-state index in [4.69, 9.17) is 18.9 Å². The molecule has 0 aliphatic carbocycles. The van der Waals surface area contributed by atoms with Crippen LogP contribution >= 0.6 is 0 Å². The Morgan fingerprint density at radius 1 is 0.586 bits per heavy atom. The molecule has 1 aliphatic rings. The fraction of sp³-hybridized carbons (Fsp3) is 0.822. The SMILES string of the molecule is CCCCC/C=C/C/C=C/CCCCCCCC(=O)O[C@H](COC(=O)CCCCCCC/C=C/CCCCCCCC)CO[C@H]1O[C@H](CS(=O)(=O)O)[C@@H](O)C(O)C1O. The predicted molar refractivity (Wildman–Crippen MR) is 229 cm³/mol. The van der Waals surface area contributed by atoms with Crippen LogP contribution in [0.4, 0.5) is 0 Å². The van der Waals surface area contributed by atoms with Gasteiger partial charge >= 0.3 is 11.9 Å². The zero-order valence-electron chi connectivity index (χ0n) is 35.9. The van der Waals surface area contributed by atoms with E-state index in [1.165, 1.54) is 57.8 Å². The smallest absolute Gasteiger partial charge is 0.306 e. The lowest BCUT2D eigenvalue weighted by molar-refractivity contribution is -0.297. The highest BCUT2D eigenvalue weighted by Gasteiger charge is 2.46. The maximum Gasteiger partial charge on any atom is 0.306 e. The van der Waals surface area contributed by atoms with E-state index in [-0.39, 0.29) is 19.4 Å². The number of hydrogen-bond donors (Lipinski definition) is 4. The number of aliphatic hydroxyl groups excluding tert-OH is 3. The van der Waals surface area contributed by atoms with Crippen LogP contribution < -0.4 is 0 Å². The van der Waals surface area contributed by atoms with Crippen molar-refractivity contribution in [3.63, 3.8) is 0 Å². The van der Waals surface area contributed by atoms with Gasteiger partial charge in [-0.25, -0.2) is 0 Å². The van der Waals surface area contributed by atoms with Gasteiger partial charge < -0.3 is 34.3 Å². The normalized spacial score (nSPS) is 20.7. The third kappa shape index (κ3) is 30.0. The van der Waals surface area contributed by atoms with Crippen molar-refractivity contribution in [2.45, 2.75) is 218 Å². The van der Waals surface area contributed by atoms with Gasteiger partial charge in [-0.05, 0) is 70.6 Å². The van der Waals surface area contributed by atoms with Crippen LogP contribution in [0.1, 0.15) is 181 Å². The van der Waals surface area contributed by atoms with Crippen molar-refractivity contribution in [1.82, 2.24) is 0 Å². The van der Waals surface area contributed by atoms with E-state index in [2.05, 4.69) is 50.3 Å². The van der Waals surface area contributed by atoms with E-state index < -0.39 is 71.2 Å². The lowest BCUT2D eigenvalue weighted by Crippen LogP contribution is -2.60. The van der Waals surface area contributed by atoms with Crippen LogP contribution in [-0.4, -0.2) is 96.0 Å². The molecule has 0 radical (unpaired) electrons. The molecule has 1 heterocycles. The summed E-state index contributed by atoms with van der Waals surface area (Å²) in [5.74, 6) is -2.01. The van der Waals surface area contributed by atoms with E-state index in [1.807, 2.05) is 0 Å². The summed E-state index contributed by atoms with van der Waals surface area (Å²) in [5.41, 5.74) is 0. The van der Waals surface area contributed by atoms with E-state index in [1.54, 1.807) is 0 Å². The molecule has 338 valence electrons. The minimum Gasteiger partial charge on any atom is -0.462 e. The molecule has 0 spiro atoms. The summed E-state index contributed by atoms with van der Waals surface area (Å²) in [7, 11) is -4.60. The first-order valence-corrected chi connectivity index (χ1v) is 24.2. The maximum atomic E-state index is 12.8. The minimum absolute atomic E-state index is 0.147. The first-order chi connectivity index (χ1) is 28.0. The lowest BCUT2D eigenvalue weighted by atomic mass is 10.00. The fourth-order valence-corrected chi connectivity index (χ4v) is 7.33. The zero-order valence-corrected chi connectivity index (χ0v) is 36.7. The number of carbonyl (C=O) groups is 2. The number of ether oxygens (including phenoxy) is 4. The minimum atomic E-state index is -4.60. The van der Waals surface area contributed by atoms with Crippen LogP contribution in [0, 0.1) is 0 Å². The highest BCUT2D eigenvalue weighted by Crippen LogP contribution is 2.24. The number of esters is 2. The molecule has 1 aliphatic heterocycles. The molecule has 1 saturated heterocycles. The van der Waals surface area contributed by atoms with Crippen LogP contribution in [-0.2, 0) is 38.7 Å². The highest BCUT2D eigenvalue weighted by molar-refractivity contribution is 7.85. The fourth-order valence-electron chi connectivity index (χ4n) is 6.64. The van der Waals surface area contributed by atoms with Crippen LogP contribution in [0.3, 0.4) is 0 Å². The average molecular weight is 845 g/mol. The van der Waals surface area contributed by atoms with Crippen LogP contribution in [0.5, 0.6) is 0 Å². The second kappa shape index (κ2) is 35.6. The van der Waals surface area contributed by atoms with E-state index in [9.17, 15) is 37.9 Å². The van der Waals surface area contributed by atoms with Crippen molar-refractivity contribution < 1.29 is 56.8 Å². The van der Waals surface area contributed by atoms with Crippen molar-refractivity contribution in [2.75, 3.05) is 19.0 Å². The van der Waals surface area contributed by atoms with Gasteiger partial charge in [-0.3, -0.25) is 14.1 Å². The molecule has 4 N–H and O–H groups in total. The van der Waals surface area contributed by atoms with Gasteiger partial charge in [-0.2, -0.15) is 8.42 Å². The number of hydrogen-bond acceptors (Lipinski definition) is 11. The Hall–Kier alpha value is -2.13. The largest absolute Gasteiger partial charge is 0.462 e. The maximum absolute atomic E-state index is 12.8. The Balaban J connectivity index is 2.47. The van der Waals surface area contributed by atoms with E-state index >= 15 is 0 Å². The molecule has 13 heteroatoms. The van der Waals surface area contributed by atoms with Gasteiger partial charge in [0.1, 0.15) is 36.8 Å². The first-order valence-electron chi connectivity index (χ1n) is 22.5. The van der Waals surface area contributed by atoms with E-state index in [0.717, 1.165) is 83.5 Å². The van der Waals surface area contributed by atoms with Crippen LogP contribution in [0.15, 0.2) is 36.5 Å². The second-order valence-electron chi connectivity index (χ2n) is 15.7. The summed E-state index contributed by atoms with van der Waals surface area (Å²) in [6, 6.07) is 0. The zero-order chi connectivity index (χ0) is 42.7. The Kier molecular flexibility index (Phi) is 33.1. The summed E-state index contributed by atoms with van der Waals surface area (Å²) in [4.78, 5) is 25.4. The molecule has 0 aromatic rings. The Morgan fingerprint density at radius 2 is 1.03 bits per heavy atom. The molecule has 0 amide bonds. The molecular formula is C45H80O12S. The second-order valence-corrected chi connectivity index (χ2v) is 17.2. The molecule has 1 fully saturated rings. The summed E-state index contributed by atoms with van der Waals surface area (Å²) in [6.07, 6.45) is 30.4. The van der Waals surface area contributed by atoms with Crippen LogP contribution in [0.2, 0.25) is 0 Å². The first kappa shape index (κ1) is 53.9. The summed E-state index contributed by atoms with van der Waals surface area (Å²) in [6.45, 7) is 3.70. The van der Waals surface area contributed by atoms with Gasteiger partial charge in [0.05, 0.1) is 6.61 Å². The summed E-state index contributed by atoms with van der Waals surface area (Å²) in [5, 5.41) is 30.9. The van der Waals surface area contributed by atoms with Gasteiger partial charge in [-0.15, -0.1) is 0 Å². The number of aliphatic hydroxyl groups is 3. The molecule has 0 bridgehead atoms. The number of rotatable bonds is 37. The monoisotopic (exact) mass is 845 g/mol. The predicted octanol–water partition coefficient (Wildman–Crippen LogP) is 9.00. The van der Waals surface area contributed by atoms with Gasteiger partial charge in [-0.1, -0.05) is 134 Å². The summed E-state index contributed by atoms with van der Waals surface area (Å²) >= 11 is 0. The van der Waals surface area contributed by atoms with Crippen molar-refractivity contribution in [2.24, 2.45) is 0 Å². The molecule has 0 aromatic heterocycles. The van der Waals surface area contributed by atoms with Crippen molar-refractivity contribution in [3.8, 4) is 0 Å². The van der Waals surface area contributed by atoms with E-state index in [0.29, 0.717) is 12.8 Å².